The Balaban J connectivity index is 1.44. The Morgan fingerprint density at radius 3 is 3.00 bits per heavy atom. The summed E-state index contributed by atoms with van der Waals surface area (Å²) in [6.45, 7) is 3.22. The van der Waals surface area contributed by atoms with Crippen LogP contribution in [0.4, 0.5) is 0 Å². The highest BCUT2D eigenvalue weighted by Crippen LogP contribution is 2.44. The van der Waals surface area contributed by atoms with E-state index in [1.807, 2.05) is 17.5 Å². The molecule has 3 atom stereocenters. The summed E-state index contributed by atoms with van der Waals surface area (Å²) in [5.74, 6) is 2.04. The quantitative estimate of drug-likeness (QED) is 0.869. The Hall–Kier alpha value is -0.410. The van der Waals surface area contributed by atoms with Crippen molar-refractivity contribution in [2.24, 2.45) is 11.8 Å². The van der Waals surface area contributed by atoms with E-state index < -0.39 is 0 Å². The van der Waals surface area contributed by atoms with E-state index in [0.29, 0.717) is 0 Å². The molecule has 0 saturated heterocycles. The summed E-state index contributed by atoms with van der Waals surface area (Å²) in [7, 11) is 0. The number of aromatic nitrogens is 1. The molecule has 88 valence electrons. The van der Waals surface area contributed by atoms with Crippen molar-refractivity contribution < 1.29 is 0 Å². The zero-order valence-corrected chi connectivity index (χ0v) is 10.7. The molecule has 1 aromatic heterocycles. The van der Waals surface area contributed by atoms with Crippen LogP contribution in [0.15, 0.2) is 6.20 Å². The van der Waals surface area contributed by atoms with E-state index >= 15 is 0 Å². The minimum atomic E-state index is 0.827. The van der Waals surface area contributed by atoms with Crippen molar-refractivity contribution in [3.05, 3.63) is 16.1 Å². The molecule has 0 radical (unpaired) electrons. The smallest absolute Gasteiger partial charge is 0.0896 e. The first-order chi connectivity index (χ1) is 7.81. The van der Waals surface area contributed by atoms with Crippen molar-refractivity contribution >= 4 is 11.3 Å². The van der Waals surface area contributed by atoms with Crippen LogP contribution in [-0.4, -0.2) is 17.6 Å². The molecule has 2 aliphatic carbocycles. The fourth-order valence-electron chi connectivity index (χ4n) is 3.40. The maximum atomic E-state index is 4.30. The van der Waals surface area contributed by atoms with Gasteiger partial charge in [0.15, 0.2) is 0 Å². The van der Waals surface area contributed by atoms with Gasteiger partial charge in [0.25, 0.3) is 0 Å². The molecule has 0 aromatic carbocycles. The van der Waals surface area contributed by atoms with Crippen LogP contribution in [0.1, 0.15) is 35.6 Å². The van der Waals surface area contributed by atoms with E-state index in [1.54, 1.807) is 0 Å². The van der Waals surface area contributed by atoms with Crippen LogP contribution in [0.3, 0.4) is 0 Å². The van der Waals surface area contributed by atoms with Gasteiger partial charge >= 0.3 is 0 Å². The van der Waals surface area contributed by atoms with Gasteiger partial charge in [-0.15, -0.1) is 11.3 Å². The third kappa shape index (κ3) is 2.16. The lowest BCUT2D eigenvalue weighted by Crippen LogP contribution is -2.35. The molecular weight excluding hydrogens is 216 g/mol. The molecule has 2 aliphatic rings. The predicted octanol–water partition coefficient (Wildman–Crippen LogP) is 2.77. The molecule has 2 nitrogen and oxygen atoms in total. The Kier molecular flexibility index (Phi) is 2.99. The lowest BCUT2D eigenvalue weighted by atomic mass is 9.95. The first-order valence-electron chi connectivity index (χ1n) is 6.46. The lowest BCUT2D eigenvalue weighted by Gasteiger charge is -2.22. The summed E-state index contributed by atoms with van der Waals surface area (Å²) in [6.07, 6.45) is 9.09. The van der Waals surface area contributed by atoms with Gasteiger partial charge in [0, 0.05) is 23.7 Å². The summed E-state index contributed by atoms with van der Waals surface area (Å²) >= 11 is 1.83. The zero-order valence-electron chi connectivity index (χ0n) is 9.91. The zero-order chi connectivity index (χ0) is 11.0. The molecule has 1 aromatic rings. The molecule has 1 heterocycles. The molecule has 2 bridgehead atoms. The van der Waals surface area contributed by atoms with Crippen LogP contribution in [0.5, 0.6) is 0 Å². The summed E-state index contributed by atoms with van der Waals surface area (Å²) in [4.78, 5) is 5.72. The van der Waals surface area contributed by atoms with Crippen molar-refractivity contribution in [1.29, 1.82) is 0 Å². The molecule has 2 fully saturated rings. The highest BCUT2D eigenvalue weighted by molar-refractivity contribution is 7.11. The van der Waals surface area contributed by atoms with Crippen molar-refractivity contribution in [3.8, 4) is 0 Å². The van der Waals surface area contributed by atoms with Crippen molar-refractivity contribution in [2.45, 2.75) is 45.1 Å². The molecule has 3 rings (SSSR count). The second kappa shape index (κ2) is 4.46. The molecule has 2 saturated carbocycles. The highest BCUT2D eigenvalue weighted by Gasteiger charge is 2.38. The predicted molar refractivity (Wildman–Crippen MR) is 67.8 cm³/mol. The second-order valence-corrected chi connectivity index (χ2v) is 6.65. The number of hydrogen-bond donors (Lipinski definition) is 1. The number of thiazole rings is 1. The van der Waals surface area contributed by atoms with Crippen LogP contribution < -0.4 is 5.32 Å². The summed E-state index contributed by atoms with van der Waals surface area (Å²) in [5, 5.41) is 4.94. The fraction of sp³-hybridized carbons (Fsp3) is 0.769. The molecule has 3 heteroatoms. The third-order valence-corrected chi connectivity index (χ3v) is 5.16. The normalized spacial score (nSPS) is 32.4. The van der Waals surface area contributed by atoms with Gasteiger partial charge in [-0.25, -0.2) is 4.98 Å². The Morgan fingerprint density at radius 2 is 2.38 bits per heavy atom. The monoisotopic (exact) mass is 236 g/mol. The van der Waals surface area contributed by atoms with Crippen molar-refractivity contribution in [2.75, 3.05) is 6.54 Å². The van der Waals surface area contributed by atoms with Gasteiger partial charge in [-0.3, -0.25) is 0 Å². The van der Waals surface area contributed by atoms with E-state index in [1.165, 1.54) is 35.6 Å². The van der Waals surface area contributed by atoms with Crippen LogP contribution in [0.25, 0.3) is 0 Å². The summed E-state index contributed by atoms with van der Waals surface area (Å²) in [6, 6.07) is 0.827. The summed E-state index contributed by atoms with van der Waals surface area (Å²) in [5.41, 5.74) is 0. The van der Waals surface area contributed by atoms with Gasteiger partial charge in [-0.05, 0) is 44.4 Å². The fourth-order valence-corrected chi connectivity index (χ4v) is 4.19. The maximum absolute atomic E-state index is 4.30. The van der Waals surface area contributed by atoms with E-state index in [4.69, 9.17) is 0 Å². The number of rotatable bonds is 4. The molecule has 1 N–H and O–H groups in total. The van der Waals surface area contributed by atoms with Crippen LogP contribution >= 0.6 is 11.3 Å². The number of hydrogen-bond acceptors (Lipinski definition) is 3. The van der Waals surface area contributed by atoms with Crippen molar-refractivity contribution in [1.82, 2.24) is 10.3 Å². The average molecular weight is 236 g/mol. The maximum Gasteiger partial charge on any atom is 0.0896 e. The molecule has 0 spiro atoms. The third-order valence-electron chi connectivity index (χ3n) is 4.19. The average Bonchev–Trinajstić information content (AvgIpc) is 2.94. The lowest BCUT2D eigenvalue weighted by molar-refractivity contribution is 0.354. The van der Waals surface area contributed by atoms with Crippen molar-refractivity contribution in [3.63, 3.8) is 0 Å². The Bertz CT molecular complexity index is 361. The molecule has 0 amide bonds. The summed E-state index contributed by atoms with van der Waals surface area (Å²) < 4.78 is 0. The van der Waals surface area contributed by atoms with Gasteiger partial charge in [-0.1, -0.05) is 6.42 Å². The molecule has 16 heavy (non-hydrogen) atoms. The minimum absolute atomic E-state index is 0.827. The number of aryl methyl sites for hydroxylation is 1. The van der Waals surface area contributed by atoms with E-state index in [0.717, 1.165) is 30.8 Å². The van der Waals surface area contributed by atoms with Gasteiger partial charge in [0.2, 0.25) is 0 Å². The van der Waals surface area contributed by atoms with Crippen LogP contribution in [0.2, 0.25) is 0 Å². The molecule has 3 unspecified atom stereocenters. The standard InChI is InChI=1S/C13H20N2S/c1-9-15-8-12(16-9)4-5-14-13-7-10-2-3-11(13)6-10/h8,10-11,13-14H,2-7H2,1H3. The van der Waals surface area contributed by atoms with Gasteiger partial charge in [-0.2, -0.15) is 0 Å². The largest absolute Gasteiger partial charge is 0.313 e. The first-order valence-corrected chi connectivity index (χ1v) is 7.27. The molecular formula is C13H20N2S. The number of fused-ring (bicyclic) bond motifs is 2. The van der Waals surface area contributed by atoms with Gasteiger partial charge in [0.05, 0.1) is 5.01 Å². The van der Waals surface area contributed by atoms with E-state index in [9.17, 15) is 0 Å². The second-order valence-electron chi connectivity index (χ2n) is 5.33. The van der Waals surface area contributed by atoms with Crippen LogP contribution in [-0.2, 0) is 6.42 Å². The topological polar surface area (TPSA) is 24.9 Å². The van der Waals surface area contributed by atoms with Crippen LogP contribution in [0, 0.1) is 18.8 Å². The van der Waals surface area contributed by atoms with E-state index in [-0.39, 0.29) is 0 Å². The van der Waals surface area contributed by atoms with Gasteiger partial charge in [0.1, 0.15) is 0 Å². The minimum Gasteiger partial charge on any atom is -0.313 e. The SMILES string of the molecule is Cc1ncc(CCNC2CC3CCC2C3)s1. The number of nitrogens with zero attached hydrogens (tertiary/aromatic N) is 1. The first kappa shape index (κ1) is 10.7. The van der Waals surface area contributed by atoms with E-state index in [2.05, 4.69) is 17.2 Å². The number of nitrogens with one attached hydrogen (secondary N) is 1. The highest BCUT2D eigenvalue weighted by atomic mass is 32.1. The Labute approximate surface area is 101 Å². The molecule has 0 aliphatic heterocycles. The van der Waals surface area contributed by atoms with Gasteiger partial charge < -0.3 is 5.32 Å². The Morgan fingerprint density at radius 1 is 1.44 bits per heavy atom.